The average molecular weight is 396 g/mol. The summed E-state index contributed by atoms with van der Waals surface area (Å²) in [6, 6.07) is 7.50. The summed E-state index contributed by atoms with van der Waals surface area (Å²) < 4.78 is 1.11. The van der Waals surface area contributed by atoms with E-state index in [-0.39, 0.29) is 11.6 Å². The molecule has 3 heterocycles. The van der Waals surface area contributed by atoms with Gasteiger partial charge in [0.25, 0.3) is 5.56 Å². The van der Waals surface area contributed by atoms with Crippen molar-refractivity contribution in [3.05, 3.63) is 77.6 Å². The Kier molecular flexibility index (Phi) is 4.43. The van der Waals surface area contributed by atoms with E-state index < -0.39 is 17.1 Å². The fourth-order valence-electron chi connectivity index (χ4n) is 3.60. The van der Waals surface area contributed by atoms with Gasteiger partial charge in [-0.2, -0.15) is 5.10 Å². The Labute approximate surface area is 165 Å². The molecule has 2 aromatic heterocycles. The van der Waals surface area contributed by atoms with E-state index in [1.54, 1.807) is 23.5 Å². The molecule has 1 atom stereocenters. The van der Waals surface area contributed by atoms with Crippen molar-refractivity contribution < 1.29 is 5.11 Å². The van der Waals surface area contributed by atoms with Crippen LogP contribution in [0.25, 0.3) is 5.69 Å². The van der Waals surface area contributed by atoms with Crippen molar-refractivity contribution in [3.8, 4) is 11.6 Å². The van der Waals surface area contributed by atoms with Crippen molar-refractivity contribution >= 4 is 17.0 Å². The van der Waals surface area contributed by atoms with Crippen molar-refractivity contribution in [2.45, 2.75) is 33.2 Å². The normalized spacial score (nSPS) is 16.1. The summed E-state index contributed by atoms with van der Waals surface area (Å²) in [4.78, 5) is 28.4. The second-order valence-electron chi connectivity index (χ2n) is 7.05. The molecule has 3 N–H and O–H groups in total. The van der Waals surface area contributed by atoms with Crippen LogP contribution < -0.4 is 16.7 Å². The topological polar surface area (TPSA) is 99.5 Å². The Balaban J connectivity index is 1.80. The van der Waals surface area contributed by atoms with Gasteiger partial charge < -0.3 is 10.5 Å². The van der Waals surface area contributed by atoms with Gasteiger partial charge in [-0.05, 0) is 61.0 Å². The van der Waals surface area contributed by atoms with Crippen molar-refractivity contribution in [1.29, 1.82) is 0 Å². The lowest BCUT2D eigenvalue weighted by molar-refractivity contribution is 0.429. The summed E-state index contributed by atoms with van der Waals surface area (Å²) in [7, 11) is 0. The minimum absolute atomic E-state index is 0.0166. The maximum atomic E-state index is 12.5. The number of nitrogens with one attached hydrogen (secondary N) is 2. The summed E-state index contributed by atoms with van der Waals surface area (Å²) in [5.74, 6) is -0.400. The van der Waals surface area contributed by atoms with E-state index >= 15 is 0 Å². The van der Waals surface area contributed by atoms with Gasteiger partial charge in [0, 0.05) is 11.3 Å². The van der Waals surface area contributed by atoms with Crippen LogP contribution in [-0.2, 0) is 0 Å². The first-order valence-electron chi connectivity index (χ1n) is 8.88. The van der Waals surface area contributed by atoms with Crippen LogP contribution in [-0.4, -0.2) is 20.4 Å². The number of benzene rings is 1. The Morgan fingerprint density at radius 3 is 2.54 bits per heavy atom. The molecular weight excluding hydrogens is 376 g/mol. The lowest BCUT2D eigenvalue weighted by Crippen LogP contribution is -2.33. The van der Waals surface area contributed by atoms with E-state index in [4.69, 9.17) is 0 Å². The van der Waals surface area contributed by atoms with Gasteiger partial charge in [0.2, 0.25) is 5.88 Å². The number of H-pyrrole nitrogens is 1. The molecule has 0 fully saturated rings. The number of aromatic amines is 1. The monoisotopic (exact) mass is 396 g/mol. The van der Waals surface area contributed by atoms with Gasteiger partial charge in [-0.3, -0.25) is 9.78 Å². The van der Waals surface area contributed by atoms with E-state index in [1.165, 1.54) is 0 Å². The highest BCUT2D eigenvalue weighted by atomic mass is 32.1. The van der Waals surface area contributed by atoms with Gasteiger partial charge in [-0.15, -0.1) is 11.3 Å². The Morgan fingerprint density at radius 2 is 1.89 bits per heavy atom. The zero-order valence-electron chi connectivity index (χ0n) is 15.7. The minimum atomic E-state index is -0.687. The quantitative estimate of drug-likeness (QED) is 0.634. The van der Waals surface area contributed by atoms with Crippen molar-refractivity contribution in [2.75, 3.05) is 0 Å². The molecule has 1 unspecified atom stereocenters. The predicted molar refractivity (Wildman–Crippen MR) is 110 cm³/mol. The summed E-state index contributed by atoms with van der Waals surface area (Å²) >= 11 is 1.62. The maximum Gasteiger partial charge on any atom is 0.335 e. The van der Waals surface area contributed by atoms with Crippen LogP contribution in [0.15, 0.2) is 44.3 Å². The van der Waals surface area contributed by atoms with Crippen LogP contribution in [0.5, 0.6) is 5.88 Å². The molecule has 28 heavy (non-hydrogen) atoms. The molecule has 0 radical (unpaired) electrons. The first-order valence-corrected chi connectivity index (χ1v) is 9.76. The Morgan fingerprint density at radius 1 is 1.18 bits per heavy atom. The van der Waals surface area contributed by atoms with Crippen LogP contribution in [0.1, 0.15) is 39.6 Å². The average Bonchev–Trinajstić information content (AvgIpc) is 3.22. The van der Waals surface area contributed by atoms with Crippen molar-refractivity contribution in [3.63, 3.8) is 0 Å². The number of hydrazone groups is 1. The highest BCUT2D eigenvalue weighted by Gasteiger charge is 2.28. The molecule has 144 valence electrons. The molecule has 8 heteroatoms. The number of aryl methyl sites for hydroxylation is 3. The molecule has 0 spiro atoms. The number of hydrogen-bond acceptors (Lipinski definition) is 6. The summed E-state index contributed by atoms with van der Waals surface area (Å²) in [5, 5.41) is 17.1. The second-order valence-corrected chi connectivity index (χ2v) is 8.00. The standard InChI is InChI=1S/C20H20N4O3S/c1-10-6-11(2)8-13(7-10)24-19(26)16(18(25)21-20(24)27)14-9-15(23-22-14)17-12(3)4-5-28-17/h4-8,15,23,26H,9H2,1-3H3,(H,21,25,27). The fraction of sp³-hybridized carbons (Fsp3) is 0.250. The number of rotatable bonds is 3. The molecule has 1 aromatic carbocycles. The zero-order chi connectivity index (χ0) is 20.0. The third-order valence-electron chi connectivity index (χ3n) is 4.81. The molecular formula is C20H20N4O3S. The highest BCUT2D eigenvalue weighted by Crippen LogP contribution is 2.31. The van der Waals surface area contributed by atoms with E-state index in [1.807, 2.05) is 38.3 Å². The third kappa shape index (κ3) is 3.05. The van der Waals surface area contributed by atoms with E-state index in [0.717, 1.165) is 26.1 Å². The second kappa shape index (κ2) is 6.79. The Bertz CT molecular complexity index is 1200. The van der Waals surface area contributed by atoms with Gasteiger partial charge in [-0.1, -0.05) is 6.07 Å². The number of aromatic nitrogens is 2. The SMILES string of the molecule is Cc1cc(C)cc(-n2c(O)c(C3=NNC(c4sccc4C)C3)c(=O)[nH]c2=O)c1. The first-order chi connectivity index (χ1) is 13.3. The smallest absolute Gasteiger partial charge is 0.335 e. The maximum absolute atomic E-state index is 12.5. The van der Waals surface area contributed by atoms with Crippen molar-refractivity contribution in [2.24, 2.45) is 5.10 Å². The number of nitrogens with zero attached hydrogens (tertiary/aromatic N) is 2. The minimum Gasteiger partial charge on any atom is -0.493 e. The molecule has 7 nitrogen and oxygen atoms in total. The van der Waals surface area contributed by atoms with Gasteiger partial charge in [0.15, 0.2) is 0 Å². The lowest BCUT2D eigenvalue weighted by Gasteiger charge is -2.13. The summed E-state index contributed by atoms with van der Waals surface area (Å²) in [5.41, 5.74) is 5.69. The van der Waals surface area contributed by atoms with Crippen LogP contribution in [0.2, 0.25) is 0 Å². The largest absolute Gasteiger partial charge is 0.493 e. The summed E-state index contributed by atoms with van der Waals surface area (Å²) in [6.07, 6.45) is 0.447. The fourth-order valence-corrected chi connectivity index (χ4v) is 4.57. The molecule has 1 aliphatic heterocycles. The van der Waals surface area contributed by atoms with Gasteiger partial charge in [0.05, 0.1) is 17.4 Å². The Hall–Kier alpha value is -3.13. The van der Waals surface area contributed by atoms with Crippen LogP contribution in [0.3, 0.4) is 0 Å². The van der Waals surface area contributed by atoms with Gasteiger partial charge in [-0.25, -0.2) is 9.36 Å². The van der Waals surface area contributed by atoms with Gasteiger partial charge >= 0.3 is 5.69 Å². The van der Waals surface area contributed by atoms with Crippen LogP contribution >= 0.6 is 11.3 Å². The van der Waals surface area contributed by atoms with E-state index in [0.29, 0.717) is 17.8 Å². The van der Waals surface area contributed by atoms with Crippen LogP contribution in [0.4, 0.5) is 0 Å². The predicted octanol–water partition coefficient (Wildman–Crippen LogP) is 2.66. The molecule has 0 saturated heterocycles. The molecule has 4 rings (SSSR count). The molecule has 0 amide bonds. The molecule has 0 saturated carbocycles. The molecule has 0 aliphatic carbocycles. The van der Waals surface area contributed by atoms with E-state index in [9.17, 15) is 14.7 Å². The van der Waals surface area contributed by atoms with Crippen molar-refractivity contribution in [1.82, 2.24) is 15.0 Å². The first kappa shape index (κ1) is 18.2. The zero-order valence-corrected chi connectivity index (χ0v) is 16.6. The summed E-state index contributed by atoms with van der Waals surface area (Å²) in [6.45, 7) is 5.84. The molecule has 1 aliphatic rings. The third-order valence-corrected chi connectivity index (χ3v) is 5.94. The van der Waals surface area contributed by atoms with Crippen LogP contribution in [0, 0.1) is 20.8 Å². The van der Waals surface area contributed by atoms with Gasteiger partial charge in [0.1, 0.15) is 5.56 Å². The number of aromatic hydroxyl groups is 1. The number of hydrogen-bond donors (Lipinski definition) is 3. The van der Waals surface area contributed by atoms with E-state index in [2.05, 4.69) is 15.5 Å². The lowest BCUT2D eigenvalue weighted by atomic mass is 10.0. The molecule has 3 aromatic rings. The highest BCUT2D eigenvalue weighted by molar-refractivity contribution is 7.10. The number of thiophene rings is 1. The molecule has 0 bridgehead atoms.